The number of hydrogen-bond donors (Lipinski definition) is 1. The SMILES string of the molecule is C=C/C=C(\C=C/CC1C=CCCC1)NC=O. The van der Waals surface area contributed by atoms with E-state index in [4.69, 9.17) is 0 Å². The Morgan fingerprint density at radius 1 is 1.56 bits per heavy atom. The van der Waals surface area contributed by atoms with Gasteiger partial charge in [-0.05, 0) is 43.8 Å². The molecule has 1 aliphatic carbocycles. The van der Waals surface area contributed by atoms with Gasteiger partial charge in [0, 0.05) is 5.70 Å². The molecule has 1 atom stereocenters. The maximum atomic E-state index is 10.3. The summed E-state index contributed by atoms with van der Waals surface area (Å²) in [5.74, 6) is 0.659. The highest BCUT2D eigenvalue weighted by atomic mass is 16.1. The number of nitrogens with one attached hydrogen (secondary N) is 1. The molecule has 0 bridgehead atoms. The third-order valence-electron chi connectivity index (χ3n) is 2.61. The summed E-state index contributed by atoms with van der Waals surface area (Å²) in [6, 6.07) is 0. The van der Waals surface area contributed by atoms with Crippen molar-refractivity contribution < 1.29 is 4.79 Å². The van der Waals surface area contributed by atoms with Crippen LogP contribution < -0.4 is 5.32 Å². The summed E-state index contributed by atoms with van der Waals surface area (Å²) in [5.41, 5.74) is 0.782. The largest absolute Gasteiger partial charge is 0.329 e. The number of allylic oxidation sites excluding steroid dienone is 6. The Balaban J connectivity index is 2.41. The van der Waals surface area contributed by atoms with E-state index in [9.17, 15) is 4.79 Å². The van der Waals surface area contributed by atoms with Crippen molar-refractivity contribution in [3.8, 4) is 0 Å². The monoisotopic (exact) mass is 217 g/mol. The fraction of sp³-hybridized carbons (Fsp3) is 0.357. The highest BCUT2D eigenvalue weighted by Crippen LogP contribution is 2.20. The number of carbonyl (C=O) groups is 1. The zero-order chi connectivity index (χ0) is 11.6. The highest BCUT2D eigenvalue weighted by molar-refractivity contribution is 5.52. The zero-order valence-electron chi connectivity index (χ0n) is 9.56. The van der Waals surface area contributed by atoms with Gasteiger partial charge in [-0.3, -0.25) is 4.79 Å². The lowest BCUT2D eigenvalue weighted by molar-refractivity contribution is -0.108. The van der Waals surface area contributed by atoms with Crippen LogP contribution in [0.2, 0.25) is 0 Å². The third-order valence-corrected chi connectivity index (χ3v) is 2.61. The van der Waals surface area contributed by atoms with E-state index < -0.39 is 0 Å². The summed E-state index contributed by atoms with van der Waals surface area (Å²) in [6.45, 7) is 3.60. The van der Waals surface area contributed by atoms with Crippen molar-refractivity contribution in [1.82, 2.24) is 5.32 Å². The van der Waals surface area contributed by atoms with Gasteiger partial charge < -0.3 is 5.32 Å². The van der Waals surface area contributed by atoms with E-state index in [0.717, 1.165) is 12.1 Å². The molecule has 0 saturated heterocycles. The second-order valence-electron chi connectivity index (χ2n) is 3.88. The predicted octanol–water partition coefficient (Wildman–Crippen LogP) is 3.10. The fourth-order valence-corrected chi connectivity index (χ4v) is 1.80. The molecular weight excluding hydrogens is 198 g/mol. The van der Waals surface area contributed by atoms with Crippen molar-refractivity contribution in [2.75, 3.05) is 0 Å². The standard InChI is InChI=1S/C14H19NO/c1-2-7-14(15-12-16)11-6-10-13-8-4-3-5-9-13/h2,4,6-8,11-13H,1,3,5,9-10H2,(H,15,16)/b11-6-,14-7+. The summed E-state index contributed by atoms with van der Waals surface area (Å²) in [5, 5.41) is 2.63. The number of rotatable bonds is 6. The maximum absolute atomic E-state index is 10.3. The van der Waals surface area contributed by atoms with Gasteiger partial charge in [0.2, 0.25) is 6.41 Å². The number of amides is 1. The summed E-state index contributed by atoms with van der Waals surface area (Å²) >= 11 is 0. The lowest BCUT2D eigenvalue weighted by Gasteiger charge is -2.13. The van der Waals surface area contributed by atoms with Crippen LogP contribution in [-0.2, 0) is 4.79 Å². The van der Waals surface area contributed by atoms with E-state index >= 15 is 0 Å². The van der Waals surface area contributed by atoms with Crippen LogP contribution in [0, 0.1) is 5.92 Å². The van der Waals surface area contributed by atoms with Crippen LogP contribution in [0.15, 0.2) is 48.7 Å². The van der Waals surface area contributed by atoms with Gasteiger partial charge in [0.05, 0.1) is 0 Å². The van der Waals surface area contributed by atoms with Gasteiger partial charge in [-0.2, -0.15) is 0 Å². The Morgan fingerprint density at radius 3 is 3.06 bits per heavy atom. The molecule has 0 spiro atoms. The molecule has 1 rings (SSSR count). The first-order valence-corrected chi connectivity index (χ1v) is 5.73. The first-order chi connectivity index (χ1) is 7.86. The van der Waals surface area contributed by atoms with E-state index in [1.54, 1.807) is 12.2 Å². The van der Waals surface area contributed by atoms with Gasteiger partial charge in [0.1, 0.15) is 0 Å². The second-order valence-corrected chi connectivity index (χ2v) is 3.88. The topological polar surface area (TPSA) is 29.1 Å². The first kappa shape index (κ1) is 12.5. The van der Waals surface area contributed by atoms with Crippen molar-refractivity contribution in [2.24, 2.45) is 5.92 Å². The van der Waals surface area contributed by atoms with Gasteiger partial charge in [0.15, 0.2) is 0 Å². The van der Waals surface area contributed by atoms with Crippen LogP contribution in [0.1, 0.15) is 25.7 Å². The molecule has 1 aliphatic rings. The summed E-state index contributed by atoms with van der Waals surface area (Å²) in [4.78, 5) is 10.3. The van der Waals surface area contributed by atoms with E-state index in [1.807, 2.05) is 6.08 Å². The van der Waals surface area contributed by atoms with Crippen molar-refractivity contribution in [3.05, 3.63) is 48.7 Å². The van der Waals surface area contributed by atoms with E-state index in [-0.39, 0.29) is 0 Å². The molecule has 0 aromatic rings. The maximum Gasteiger partial charge on any atom is 0.211 e. The molecule has 0 aromatic carbocycles. The van der Waals surface area contributed by atoms with Crippen molar-refractivity contribution >= 4 is 6.41 Å². The number of carbonyl (C=O) groups excluding carboxylic acids is 1. The molecular formula is C14H19NO. The minimum absolute atomic E-state index is 0.659. The first-order valence-electron chi connectivity index (χ1n) is 5.73. The van der Waals surface area contributed by atoms with Gasteiger partial charge in [0.25, 0.3) is 0 Å². The van der Waals surface area contributed by atoms with Crippen LogP contribution in [0.4, 0.5) is 0 Å². The molecule has 0 radical (unpaired) electrons. The molecule has 2 nitrogen and oxygen atoms in total. The second kappa shape index (κ2) is 7.69. The van der Waals surface area contributed by atoms with Crippen molar-refractivity contribution in [3.63, 3.8) is 0 Å². The molecule has 1 unspecified atom stereocenters. The molecule has 0 heterocycles. The predicted molar refractivity (Wildman–Crippen MR) is 67.7 cm³/mol. The minimum atomic E-state index is 0.659. The van der Waals surface area contributed by atoms with Gasteiger partial charge in [-0.15, -0.1) is 0 Å². The molecule has 1 N–H and O–H groups in total. The molecule has 1 amide bonds. The van der Waals surface area contributed by atoms with Gasteiger partial charge in [-0.25, -0.2) is 0 Å². The smallest absolute Gasteiger partial charge is 0.211 e. The van der Waals surface area contributed by atoms with Crippen LogP contribution in [0.25, 0.3) is 0 Å². The number of hydrogen-bond acceptors (Lipinski definition) is 1. The van der Waals surface area contributed by atoms with Gasteiger partial charge >= 0.3 is 0 Å². The molecule has 86 valence electrons. The third kappa shape index (κ3) is 4.78. The Morgan fingerprint density at radius 2 is 2.44 bits per heavy atom. The van der Waals surface area contributed by atoms with Crippen molar-refractivity contribution in [2.45, 2.75) is 25.7 Å². The Hall–Kier alpha value is -1.57. The molecule has 0 aromatic heterocycles. The van der Waals surface area contributed by atoms with E-state index in [0.29, 0.717) is 12.3 Å². The zero-order valence-corrected chi connectivity index (χ0v) is 9.56. The van der Waals surface area contributed by atoms with E-state index in [2.05, 4.69) is 30.1 Å². The van der Waals surface area contributed by atoms with Crippen LogP contribution in [0.5, 0.6) is 0 Å². The van der Waals surface area contributed by atoms with Crippen LogP contribution in [0.3, 0.4) is 0 Å². The van der Waals surface area contributed by atoms with E-state index in [1.165, 1.54) is 19.3 Å². The van der Waals surface area contributed by atoms with Crippen LogP contribution >= 0.6 is 0 Å². The molecule has 0 saturated carbocycles. The lowest BCUT2D eigenvalue weighted by Crippen LogP contribution is -2.07. The Kier molecular flexibility index (Phi) is 6.00. The summed E-state index contributed by atoms with van der Waals surface area (Å²) in [7, 11) is 0. The lowest BCUT2D eigenvalue weighted by atomic mass is 9.93. The molecule has 0 aliphatic heterocycles. The molecule has 16 heavy (non-hydrogen) atoms. The van der Waals surface area contributed by atoms with Crippen molar-refractivity contribution in [1.29, 1.82) is 0 Å². The fourth-order valence-electron chi connectivity index (χ4n) is 1.80. The normalized spacial score (nSPS) is 21.0. The molecule has 0 fully saturated rings. The minimum Gasteiger partial charge on any atom is -0.329 e. The molecule has 2 heteroatoms. The summed E-state index contributed by atoms with van der Waals surface area (Å²) < 4.78 is 0. The Bertz CT molecular complexity index is 313. The highest BCUT2D eigenvalue weighted by Gasteiger charge is 2.05. The average Bonchev–Trinajstić information content (AvgIpc) is 2.31. The quantitative estimate of drug-likeness (QED) is 0.413. The Labute approximate surface area is 97.4 Å². The van der Waals surface area contributed by atoms with Crippen LogP contribution in [-0.4, -0.2) is 6.41 Å². The summed E-state index contributed by atoms with van der Waals surface area (Å²) in [6.07, 6.45) is 17.5. The average molecular weight is 217 g/mol. The van der Waals surface area contributed by atoms with Gasteiger partial charge in [-0.1, -0.05) is 30.9 Å².